The normalized spacial score (nSPS) is 12.4. The topological polar surface area (TPSA) is 157 Å². The van der Waals surface area contributed by atoms with E-state index < -0.39 is 49.0 Å². The number of alkyl carbamates (subject to hydrolysis) is 1. The Morgan fingerprint density at radius 1 is 1.07 bits per heavy atom. The number of ether oxygens (including phenoxy) is 2. The zero-order valence-corrected chi connectivity index (χ0v) is 14.8. The van der Waals surface area contributed by atoms with Gasteiger partial charge in [0.15, 0.2) is 0 Å². The van der Waals surface area contributed by atoms with E-state index in [0.717, 1.165) is 5.56 Å². The first kappa shape index (κ1) is 21.9. The van der Waals surface area contributed by atoms with Gasteiger partial charge in [-0.25, -0.2) is 4.79 Å². The number of nitrogens with two attached hydrogens (primary N) is 1. The maximum absolute atomic E-state index is 12.1. The van der Waals surface area contributed by atoms with Gasteiger partial charge in [0, 0.05) is 0 Å². The van der Waals surface area contributed by atoms with Crippen LogP contribution in [0.1, 0.15) is 18.9 Å². The van der Waals surface area contributed by atoms with Crippen LogP contribution in [0, 0.1) is 0 Å². The lowest BCUT2D eigenvalue weighted by molar-refractivity contribution is -0.145. The van der Waals surface area contributed by atoms with Gasteiger partial charge >= 0.3 is 12.1 Å². The molecule has 0 aliphatic rings. The van der Waals surface area contributed by atoms with Crippen molar-refractivity contribution in [1.82, 2.24) is 10.6 Å². The molecule has 0 aromatic heterocycles. The van der Waals surface area contributed by atoms with Gasteiger partial charge in [0.25, 0.3) is 0 Å². The summed E-state index contributed by atoms with van der Waals surface area (Å²) < 4.78 is 9.64. The Hall–Kier alpha value is -3.14. The maximum Gasteiger partial charge on any atom is 0.408 e. The molecule has 1 aromatic rings. The van der Waals surface area contributed by atoms with Crippen LogP contribution in [0.3, 0.4) is 0 Å². The van der Waals surface area contributed by atoms with Gasteiger partial charge in [-0.3, -0.25) is 14.4 Å². The quantitative estimate of drug-likeness (QED) is 0.386. The Kier molecular flexibility index (Phi) is 9.30. The average molecular weight is 381 g/mol. The molecule has 5 N–H and O–H groups in total. The molecule has 2 atom stereocenters. The second-order valence-corrected chi connectivity index (χ2v) is 5.41. The number of hydrogen-bond acceptors (Lipinski definition) is 7. The molecule has 0 aliphatic heterocycles. The fraction of sp³-hybridized carbons (Fsp3) is 0.412. The van der Waals surface area contributed by atoms with Gasteiger partial charge in [0.05, 0.1) is 19.6 Å². The third-order valence-electron chi connectivity index (χ3n) is 3.34. The van der Waals surface area contributed by atoms with E-state index >= 15 is 0 Å². The number of hydrogen-bond donors (Lipinski definition) is 4. The van der Waals surface area contributed by atoms with E-state index in [0.29, 0.717) is 0 Å². The molecule has 1 rings (SSSR count). The number of primary amides is 1. The van der Waals surface area contributed by atoms with Crippen LogP contribution < -0.4 is 16.4 Å². The Morgan fingerprint density at radius 3 is 2.30 bits per heavy atom. The van der Waals surface area contributed by atoms with E-state index in [-0.39, 0.29) is 13.2 Å². The molecule has 0 fully saturated rings. The number of nitrogens with one attached hydrogen (secondary N) is 2. The Balaban J connectivity index is 2.56. The van der Waals surface area contributed by atoms with Gasteiger partial charge in [-0.05, 0) is 12.5 Å². The predicted octanol–water partition coefficient (Wildman–Crippen LogP) is -0.803. The predicted molar refractivity (Wildman–Crippen MR) is 93.0 cm³/mol. The highest BCUT2D eigenvalue weighted by molar-refractivity contribution is 5.92. The lowest BCUT2D eigenvalue weighted by atomic mass is 10.1. The van der Waals surface area contributed by atoms with Crippen molar-refractivity contribution in [2.24, 2.45) is 5.73 Å². The molecule has 1 aromatic carbocycles. The molecule has 0 unspecified atom stereocenters. The third kappa shape index (κ3) is 8.19. The first-order valence-corrected chi connectivity index (χ1v) is 8.20. The third-order valence-corrected chi connectivity index (χ3v) is 3.34. The Labute approximate surface area is 156 Å². The molecule has 0 bridgehead atoms. The van der Waals surface area contributed by atoms with Crippen LogP contribution in [-0.4, -0.2) is 54.3 Å². The van der Waals surface area contributed by atoms with E-state index in [1.165, 1.54) is 0 Å². The fourth-order valence-corrected chi connectivity index (χ4v) is 1.98. The van der Waals surface area contributed by atoms with E-state index in [2.05, 4.69) is 10.6 Å². The fourth-order valence-electron chi connectivity index (χ4n) is 1.98. The van der Waals surface area contributed by atoms with Crippen LogP contribution in [0.4, 0.5) is 4.79 Å². The SMILES string of the molecule is CCOC(=O)C[C@H](NC(=O)[C@H](CO)NC(=O)OCc1ccccc1)C(N)=O. The van der Waals surface area contributed by atoms with Crippen molar-refractivity contribution in [3.63, 3.8) is 0 Å². The molecule has 0 radical (unpaired) electrons. The maximum atomic E-state index is 12.1. The molecule has 0 spiro atoms. The van der Waals surface area contributed by atoms with Gasteiger partial charge in [0.2, 0.25) is 11.8 Å². The highest BCUT2D eigenvalue weighted by atomic mass is 16.5. The smallest absolute Gasteiger partial charge is 0.408 e. The summed E-state index contributed by atoms with van der Waals surface area (Å²) in [5, 5.41) is 13.7. The summed E-state index contributed by atoms with van der Waals surface area (Å²) in [7, 11) is 0. The van der Waals surface area contributed by atoms with Crippen molar-refractivity contribution in [1.29, 1.82) is 0 Å². The minimum Gasteiger partial charge on any atom is -0.466 e. The molecule has 0 saturated heterocycles. The van der Waals surface area contributed by atoms with E-state index in [4.69, 9.17) is 15.2 Å². The van der Waals surface area contributed by atoms with Gasteiger partial charge in [0.1, 0.15) is 18.7 Å². The highest BCUT2D eigenvalue weighted by Crippen LogP contribution is 2.01. The number of benzene rings is 1. The summed E-state index contributed by atoms with van der Waals surface area (Å²) in [5.41, 5.74) is 5.89. The summed E-state index contributed by atoms with van der Waals surface area (Å²) in [6, 6.07) is 6.11. The van der Waals surface area contributed by atoms with Crippen molar-refractivity contribution in [3.8, 4) is 0 Å². The van der Waals surface area contributed by atoms with Crippen molar-refractivity contribution in [2.75, 3.05) is 13.2 Å². The Morgan fingerprint density at radius 2 is 1.74 bits per heavy atom. The number of esters is 1. The zero-order chi connectivity index (χ0) is 20.2. The minimum absolute atomic E-state index is 0.0286. The summed E-state index contributed by atoms with van der Waals surface area (Å²) in [6.07, 6.45) is -1.40. The first-order valence-electron chi connectivity index (χ1n) is 8.20. The number of amides is 3. The van der Waals surface area contributed by atoms with E-state index in [1.54, 1.807) is 37.3 Å². The molecule has 0 saturated carbocycles. The van der Waals surface area contributed by atoms with Gasteiger partial charge < -0.3 is 30.9 Å². The first-order chi connectivity index (χ1) is 12.9. The molecular formula is C17H23N3O7. The molecule has 0 aliphatic carbocycles. The lowest BCUT2D eigenvalue weighted by Crippen LogP contribution is -2.54. The van der Waals surface area contributed by atoms with Crippen molar-refractivity contribution < 1.29 is 33.8 Å². The Bertz CT molecular complexity index is 651. The van der Waals surface area contributed by atoms with Crippen LogP contribution in [0.25, 0.3) is 0 Å². The number of rotatable bonds is 10. The van der Waals surface area contributed by atoms with Crippen LogP contribution in [0.15, 0.2) is 30.3 Å². The number of carbonyl (C=O) groups is 4. The number of aliphatic hydroxyl groups excluding tert-OH is 1. The molecule has 148 valence electrons. The van der Waals surface area contributed by atoms with E-state index in [1.807, 2.05) is 0 Å². The molecule has 3 amide bonds. The van der Waals surface area contributed by atoms with Gasteiger partial charge in [-0.1, -0.05) is 30.3 Å². The second-order valence-electron chi connectivity index (χ2n) is 5.41. The zero-order valence-electron chi connectivity index (χ0n) is 14.8. The average Bonchev–Trinajstić information content (AvgIpc) is 2.64. The number of aliphatic hydroxyl groups is 1. The lowest BCUT2D eigenvalue weighted by Gasteiger charge is -2.20. The second kappa shape index (κ2) is 11.5. The number of carbonyl (C=O) groups excluding carboxylic acids is 4. The molecule has 27 heavy (non-hydrogen) atoms. The van der Waals surface area contributed by atoms with E-state index in [9.17, 15) is 24.3 Å². The largest absolute Gasteiger partial charge is 0.466 e. The van der Waals surface area contributed by atoms with Crippen LogP contribution in [0.5, 0.6) is 0 Å². The van der Waals surface area contributed by atoms with Crippen LogP contribution in [-0.2, 0) is 30.5 Å². The monoisotopic (exact) mass is 381 g/mol. The molecule has 10 nitrogen and oxygen atoms in total. The van der Waals surface area contributed by atoms with Crippen LogP contribution >= 0.6 is 0 Å². The molecule has 0 heterocycles. The molecule has 10 heteroatoms. The summed E-state index contributed by atoms with van der Waals surface area (Å²) in [5.74, 6) is -2.58. The minimum atomic E-state index is -1.39. The molecular weight excluding hydrogens is 358 g/mol. The summed E-state index contributed by atoms with van der Waals surface area (Å²) >= 11 is 0. The summed E-state index contributed by atoms with van der Waals surface area (Å²) in [6.45, 7) is 0.908. The van der Waals surface area contributed by atoms with Crippen molar-refractivity contribution in [3.05, 3.63) is 35.9 Å². The summed E-state index contributed by atoms with van der Waals surface area (Å²) in [4.78, 5) is 46.8. The van der Waals surface area contributed by atoms with Crippen LogP contribution in [0.2, 0.25) is 0 Å². The van der Waals surface area contributed by atoms with Gasteiger partial charge in [-0.15, -0.1) is 0 Å². The van der Waals surface area contributed by atoms with Gasteiger partial charge in [-0.2, -0.15) is 0 Å². The van der Waals surface area contributed by atoms with Crippen molar-refractivity contribution in [2.45, 2.75) is 32.0 Å². The highest BCUT2D eigenvalue weighted by Gasteiger charge is 2.27. The standard InChI is InChI=1S/C17H23N3O7/c1-2-26-14(22)8-12(15(18)23)19-16(24)13(9-21)20-17(25)27-10-11-6-4-3-5-7-11/h3-7,12-13,21H,2,8-10H2,1H3,(H2,18,23)(H,19,24)(H,20,25)/t12-,13-/m0/s1. The van der Waals surface area contributed by atoms with Crippen molar-refractivity contribution >= 4 is 23.9 Å².